The van der Waals surface area contributed by atoms with E-state index in [2.05, 4.69) is 13.5 Å². The Balaban J connectivity index is 2.41. The van der Waals surface area contributed by atoms with Crippen LogP contribution in [0.5, 0.6) is 0 Å². The molecule has 0 saturated carbocycles. The Morgan fingerprint density at radius 1 is 1.19 bits per heavy atom. The van der Waals surface area contributed by atoms with Gasteiger partial charge in [0.1, 0.15) is 6.79 Å². The fourth-order valence-corrected chi connectivity index (χ4v) is 3.49. The maximum Gasteiger partial charge on any atom is 0.146 e. The van der Waals surface area contributed by atoms with Crippen molar-refractivity contribution >= 4 is 0 Å². The largest absolute Gasteiger partial charge is 0.393 e. The van der Waals surface area contributed by atoms with Crippen LogP contribution in [-0.4, -0.2) is 68.4 Å². The molecule has 1 fully saturated rings. The van der Waals surface area contributed by atoms with Gasteiger partial charge in [-0.2, -0.15) is 0 Å². The van der Waals surface area contributed by atoms with Gasteiger partial charge in [0.25, 0.3) is 0 Å². The van der Waals surface area contributed by atoms with Crippen molar-refractivity contribution in [2.75, 3.05) is 27.6 Å². The van der Waals surface area contributed by atoms with E-state index in [9.17, 15) is 10.2 Å². The number of hydrogen-bond acceptors (Lipinski definition) is 6. The molecule has 0 amide bonds. The second-order valence-electron chi connectivity index (χ2n) is 7.35. The highest BCUT2D eigenvalue weighted by Gasteiger charge is 2.31. The highest BCUT2D eigenvalue weighted by molar-refractivity contribution is 4.81. The quantitative estimate of drug-likeness (QED) is 0.277. The zero-order valence-electron chi connectivity index (χ0n) is 16.6. The van der Waals surface area contributed by atoms with Crippen molar-refractivity contribution in [2.24, 2.45) is 5.92 Å². The molecule has 1 aliphatic rings. The number of aliphatic hydroxyl groups is 2. The van der Waals surface area contributed by atoms with Gasteiger partial charge >= 0.3 is 0 Å². The molecule has 0 aromatic carbocycles. The van der Waals surface area contributed by atoms with Crippen molar-refractivity contribution in [3.63, 3.8) is 0 Å². The van der Waals surface area contributed by atoms with Gasteiger partial charge in [-0.05, 0) is 44.4 Å². The lowest BCUT2D eigenvalue weighted by atomic mass is 9.88. The molecule has 6 nitrogen and oxygen atoms in total. The number of ether oxygens (including phenoxy) is 4. The van der Waals surface area contributed by atoms with Crippen molar-refractivity contribution in [1.82, 2.24) is 0 Å². The van der Waals surface area contributed by atoms with Crippen LogP contribution in [-0.2, 0) is 18.9 Å². The average Bonchev–Trinajstić information content (AvgIpc) is 2.60. The molecule has 0 aliphatic carbocycles. The van der Waals surface area contributed by atoms with Gasteiger partial charge in [-0.3, -0.25) is 0 Å². The molecular formula is C20H38O6. The Kier molecular flexibility index (Phi) is 12.3. The van der Waals surface area contributed by atoms with Gasteiger partial charge < -0.3 is 29.2 Å². The molecule has 0 aromatic heterocycles. The Hall–Kier alpha value is -0.500. The molecule has 1 aliphatic heterocycles. The molecule has 0 spiro atoms. The molecule has 1 rings (SSSR count). The lowest BCUT2D eigenvalue weighted by Crippen LogP contribution is -2.38. The van der Waals surface area contributed by atoms with Crippen molar-refractivity contribution < 1.29 is 29.2 Å². The molecule has 26 heavy (non-hydrogen) atoms. The monoisotopic (exact) mass is 374 g/mol. The molecule has 6 heteroatoms. The molecule has 0 radical (unpaired) electrons. The Labute approximate surface area is 158 Å². The van der Waals surface area contributed by atoms with Gasteiger partial charge in [0.15, 0.2) is 0 Å². The van der Waals surface area contributed by atoms with E-state index in [1.807, 2.05) is 0 Å². The Morgan fingerprint density at radius 2 is 1.96 bits per heavy atom. The van der Waals surface area contributed by atoms with Crippen LogP contribution < -0.4 is 0 Å². The summed E-state index contributed by atoms with van der Waals surface area (Å²) in [4.78, 5) is 0. The predicted molar refractivity (Wildman–Crippen MR) is 101 cm³/mol. The summed E-state index contributed by atoms with van der Waals surface area (Å²) in [7, 11) is 3.28. The molecule has 1 saturated heterocycles. The molecule has 1 heterocycles. The van der Waals surface area contributed by atoms with Crippen LogP contribution in [0.15, 0.2) is 12.7 Å². The second kappa shape index (κ2) is 13.6. The van der Waals surface area contributed by atoms with Gasteiger partial charge in [-0.25, -0.2) is 0 Å². The Bertz CT molecular complexity index is 364. The first kappa shape index (κ1) is 23.5. The van der Waals surface area contributed by atoms with E-state index in [-0.39, 0.29) is 18.3 Å². The number of rotatable bonds is 14. The van der Waals surface area contributed by atoms with Crippen molar-refractivity contribution in [1.29, 1.82) is 0 Å². The van der Waals surface area contributed by atoms with Crippen molar-refractivity contribution in [3.8, 4) is 0 Å². The van der Waals surface area contributed by atoms with Gasteiger partial charge in [0.2, 0.25) is 0 Å². The summed E-state index contributed by atoms with van der Waals surface area (Å²) < 4.78 is 22.1. The van der Waals surface area contributed by atoms with E-state index in [0.29, 0.717) is 38.6 Å². The van der Waals surface area contributed by atoms with E-state index in [4.69, 9.17) is 18.9 Å². The number of hydrogen-bond donors (Lipinski definition) is 2. The number of methoxy groups -OCH3 is 2. The summed E-state index contributed by atoms with van der Waals surface area (Å²) in [5, 5.41) is 20.0. The first-order valence-electron chi connectivity index (χ1n) is 9.72. The van der Waals surface area contributed by atoms with E-state index in [1.54, 1.807) is 20.3 Å². The van der Waals surface area contributed by atoms with Crippen LogP contribution in [0, 0.1) is 5.92 Å². The molecular weight excluding hydrogens is 336 g/mol. The fourth-order valence-electron chi connectivity index (χ4n) is 3.49. The normalized spacial score (nSPS) is 27.0. The van der Waals surface area contributed by atoms with Crippen LogP contribution >= 0.6 is 0 Å². The van der Waals surface area contributed by atoms with Gasteiger partial charge in [0.05, 0.1) is 37.1 Å². The first-order chi connectivity index (χ1) is 12.5. The summed E-state index contributed by atoms with van der Waals surface area (Å²) >= 11 is 0. The van der Waals surface area contributed by atoms with Gasteiger partial charge in [0, 0.05) is 20.6 Å². The Morgan fingerprint density at radius 3 is 2.62 bits per heavy atom. The molecule has 2 N–H and O–H groups in total. The fraction of sp³-hybridized carbons (Fsp3) is 0.900. The molecule has 154 valence electrons. The number of aliphatic hydroxyl groups excluding tert-OH is 2. The van der Waals surface area contributed by atoms with Crippen molar-refractivity contribution in [2.45, 2.75) is 82.4 Å². The van der Waals surface area contributed by atoms with E-state index in [0.717, 1.165) is 25.7 Å². The highest BCUT2D eigenvalue weighted by atomic mass is 16.7. The minimum Gasteiger partial charge on any atom is -0.393 e. The summed E-state index contributed by atoms with van der Waals surface area (Å²) in [6, 6.07) is 0. The zero-order chi connectivity index (χ0) is 19.4. The van der Waals surface area contributed by atoms with Gasteiger partial charge in [-0.15, -0.1) is 6.58 Å². The smallest absolute Gasteiger partial charge is 0.146 e. The van der Waals surface area contributed by atoms with Crippen LogP contribution in [0.1, 0.15) is 51.9 Å². The maximum absolute atomic E-state index is 10.2. The zero-order valence-corrected chi connectivity index (χ0v) is 16.6. The first-order valence-corrected chi connectivity index (χ1v) is 9.72. The van der Waals surface area contributed by atoms with Crippen LogP contribution in [0.4, 0.5) is 0 Å². The van der Waals surface area contributed by atoms with E-state index in [1.165, 1.54) is 0 Å². The third kappa shape index (κ3) is 9.44. The summed E-state index contributed by atoms with van der Waals surface area (Å²) in [6.45, 7) is 6.76. The predicted octanol–water partition coefficient (Wildman–Crippen LogP) is 2.66. The lowest BCUT2D eigenvalue weighted by molar-refractivity contribution is -0.117. The highest BCUT2D eigenvalue weighted by Crippen LogP contribution is 2.30. The molecule has 6 atom stereocenters. The van der Waals surface area contributed by atoms with Crippen LogP contribution in [0.25, 0.3) is 0 Å². The average molecular weight is 375 g/mol. The SMILES string of the molecule is C=CC[C@H](O)C[C@H](O)C[C@@H](C[C@H]1O[C@H](CCOCOC)CC[C@@H]1C)OC. The minimum atomic E-state index is -0.591. The summed E-state index contributed by atoms with van der Waals surface area (Å²) in [5.74, 6) is 0.465. The third-order valence-electron chi connectivity index (χ3n) is 5.08. The minimum absolute atomic E-state index is 0.0862. The molecule has 0 bridgehead atoms. The molecule has 0 unspecified atom stereocenters. The van der Waals surface area contributed by atoms with Crippen LogP contribution in [0.3, 0.4) is 0 Å². The van der Waals surface area contributed by atoms with Crippen LogP contribution in [0.2, 0.25) is 0 Å². The van der Waals surface area contributed by atoms with Crippen molar-refractivity contribution in [3.05, 3.63) is 12.7 Å². The van der Waals surface area contributed by atoms with Gasteiger partial charge in [-0.1, -0.05) is 13.0 Å². The van der Waals surface area contributed by atoms with E-state index < -0.39 is 12.2 Å². The summed E-state index contributed by atoms with van der Waals surface area (Å²) in [5.41, 5.74) is 0. The second-order valence-corrected chi connectivity index (χ2v) is 7.35. The topological polar surface area (TPSA) is 77.4 Å². The third-order valence-corrected chi connectivity index (χ3v) is 5.08. The maximum atomic E-state index is 10.2. The molecule has 0 aromatic rings. The summed E-state index contributed by atoms with van der Waals surface area (Å²) in [6.07, 6.45) is 5.86. The lowest BCUT2D eigenvalue weighted by Gasteiger charge is -2.37. The van der Waals surface area contributed by atoms with E-state index >= 15 is 0 Å². The standard InChI is InChI=1S/C20H38O6/c1-5-6-16(21)11-17(22)12-19(24-4)13-20-15(2)7-8-18(26-20)9-10-25-14-23-3/h5,15-22H,1,6-14H2,2-4H3/t15-,16-,17-,18-,19-,20+/m0/s1.